The molecule has 1 aromatic rings. The zero-order valence-electron chi connectivity index (χ0n) is 15.8. The molecule has 0 spiro atoms. The van der Waals surface area contributed by atoms with Crippen LogP contribution in [0.3, 0.4) is 0 Å². The number of amides is 2. The highest BCUT2D eigenvalue weighted by Crippen LogP contribution is 2.25. The molecular weight excluding hydrogens is 348 g/mol. The molecule has 3 rings (SSSR count). The van der Waals surface area contributed by atoms with Gasteiger partial charge in [-0.2, -0.15) is 5.10 Å². The molecule has 1 unspecified atom stereocenters. The van der Waals surface area contributed by atoms with Crippen LogP contribution in [0, 0.1) is 5.92 Å². The molecule has 8 heteroatoms. The van der Waals surface area contributed by atoms with E-state index in [-0.39, 0.29) is 35.4 Å². The number of nitrogens with one attached hydrogen (secondary N) is 1. The topological polar surface area (TPSA) is 105 Å². The van der Waals surface area contributed by atoms with E-state index in [2.05, 4.69) is 10.4 Å². The second-order valence-electron chi connectivity index (χ2n) is 7.72. The summed E-state index contributed by atoms with van der Waals surface area (Å²) in [6.07, 6.45) is 8.85. The van der Waals surface area contributed by atoms with Crippen molar-refractivity contribution in [3.63, 3.8) is 0 Å². The maximum absolute atomic E-state index is 12.5. The van der Waals surface area contributed by atoms with E-state index in [0.717, 1.165) is 38.5 Å². The average molecular weight is 376 g/mol. The fraction of sp³-hybridized carbons (Fsp3) is 0.684. The van der Waals surface area contributed by atoms with Crippen LogP contribution in [0.5, 0.6) is 0 Å². The summed E-state index contributed by atoms with van der Waals surface area (Å²) in [5, 5.41) is 16.1. The summed E-state index contributed by atoms with van der Waals surface area (Å²) in [4.78, 5) is 37.5. The Labute approximate surface area is 158 Å². The number of rotatable bonds is 6. The normalized spacial score (nSPS) is 19.8. The average Bonchev–Trinajstić information content (AvgIpc) is 3.33. The van der Waals surface area contributed by atoms with Crippen LogP contribution < -0.4 is 5.32 Å². The summed E-state index contributed by atoms with van der Waals surface area (Å²) in [5.74, 6) is -0.732. The molecule has 0 aromatic carbocycles. The van der Waals surface area contributed by atoms with E-state index in [9.17, 15) is 14.4 Å². The van der Waals surface area contributed by atoms with E-state index in [1.54, 1.807) is 10.9 Å². The first-order valence-corrected chi connectivity index (χ1v) is 9.79. The van der Waals surface area contributed by atoms with Crippen LogP contribution in [0.1, 0.15) is 68.3 Å². The van der Waals surface area contributed by atoms with Gasteiger partial charge < -0.3 is 15.3 Å². The predicted octanol–water partition coefficient (Wildman–Crippen LogP) is 1.83. The Hall–Kier alpha value is -2.38. The van der Waals surface area contributed by atoms with Crippen LogP contribution in [0.4, 0.5) is 0 Å². The molecule has 2 aliphatic rings. The van der Waals surface area contributed by atoms with Crippen molar-refractivity contribution in [1.29, 1.82) is 0 Å². The lowest BCUT2D eigenvalue weighted by Gasteiger charge is -2.33. The molecule has 1 atom stereocenters. The molecule has 0 radical (unpaired) electrons. The molecule has 2 amide bonds. The molecule has 2 heterocycles. The van der Waals surface area contributed by atoms with Gasteiger partial charge in [0.15, 0.2) is 0 Å². The number of hydrogen-bond donors (Lipinski definition) is 2. The van der Waals surface area contributed by atoms with Crippen LogP contribution in [-0.2, 0) is 9.59 Å². The summed E-state index contributed by atoms with van der Waals surface area (Å²) < 4.78 is 1.69. The Kier molecular flexibility index (Phi) is 6.13. The van der Waals surface area contributed by atoms with E-state index in [0.29, 0.717) is 19.5 Å². The fourth-order valence-corrected chi connectivity index (χ4v) is 4.02. The molecule has 0 bridgehead atoms. The lowest BCUT2D eigenvalue weighted by Crippen LogP contribution is -2.43. The third kappa shape index (κ3) is 4.87. The van der Waals surface area contributed by atoms with Crippen LogP contribution in [-0.4, -0.2) is 56.7 Å². The van der Waals surface area contributed by atoms with E-state index < -0.39 is 5.97 Å². The van der Waals surface area contributed by atoms with Crippen molar-refractivity contribution in [2.45, 2.75) is 64.0 Å². The number of carbonyl (C=O) groups excluding carboxylic acids is 2. The lowest BCUT2D eigenvalue weighted by atomic mass is 10.0. The number of piperidine rings is 1. The van der Waals surface area contributed by atoms with Crippen LogP contribution >= 0.6 is 0 Å². The van der Waals surface area contributed by atoms with Crippen LogP contribution in [0.2, 0.25) is 0 Å². The second kappa shape index (κ2) is 8.54. The van der Waals surface area contributed by atoms with Gasteiger partial charge in [-0.3, -0.25) is 14.3 Å². The number of carbonyl (C=O) groups is 3. The summed E-state index contributed by atoms with van der Waals surface area (Å²) in [6.45, 7) is 3.12. The van der Waals surface area contributed by atoms with Crippen molar-refractivity contribution in [3.05, 3.63) is 18.0 Å². The van der Waals surface area contributed by atoms with E-state index in [4.69, 9.17) is 5.11 Å². The Bertz CT molecular complexity index is 688. The molecule has 1 saturated carbocycles. The van der Waals surface area contributed by atoms with Crippen molar-refractivity contribution in [3.8, 4) is 0 Å². The molecule has 1 aliphatic heterocycles. The standard InChI is InChI=1S/C19H28N4O4/c1-13(21-18(25)14-4-2-3-5-14)10-17(24)22-8-6-16(7-9-22)23-12-15(11-20-23)19(26)27/h11-14,16H,2-10H2,1H3,(H,21,25)(H,26,27). The highest BCUT2D eigenvalue weighted by atomic mass is 16.4. The van der Waals surface area contributed by atoms with Gasteiger partial charge in [0, 0.05) is 37.7 Å². The van der Waals surface area contributed by atoms with Crippen molar-refractivity contribution < 1.29 is 19.5 Å². The molecule has 2 fully saturated rings. The maximum Gasteiger partial charge on any atom is 0.338 e. The first kappa shape index (κ1) is 19.4. The minimum Gasteiger partial charge on any atom is -0.478 e. The van der Waals surface area contributed by atoms with Gasteiger partial charge in [0.2, 0.25) is 11.8 Å². The number of nitrogens with zero attached hydrogens (tertiary/aromatic N) is 3. The SMILES string of the molecule is CC(CC(=O)N1CCC(n2cc(C(=O)O)cn2)CC1)NC(=O)C1CCCC1. The van der Waals surface area contributed by atoms with E-state index >= 15 is 0 Å². The molecular formula is C19H28N4O4. The van der Waals surface area contributed by atoms with Gasteiger partial charge in [-0.25, -0.2) is 4.79 Å². The van der Waals surface area contributed by atoms with Crippen molar-refractivity contribution >= 4 is 17.8 Å². The molecule has 1 aromatic heterocycles. The smallest absolute Gasteiger partial charge is 0.338 e. The van der Waals surface area contributed by atoms with Crippen molar-refractivity contribution in [1.82, 2.24) is 20.0 Å². The van der Waals surface area contributed by atoms with E-state index in [1.165, 1.54) is 6.20 Å². The fourth-order valence-electron chi connectivity index (χ4n) is 4.02. The molecule has 27 heavy (non-hydrogen) atoms. The van der Waals surface area contributed by atoms with Gasteiger partial charge >= 0.3 is 5.97 Å². The van der Waals surface area contributed by atoms with Crippen LogP contribution in [0.15, 0.2) is 12.4 Å². The second-order valence-corrected chi connectivity index (χ2v) is 7.72. The first-order valence-electron chi connectivity index (χ1n) is 9.79. The first-order chi connectivity index (χ1) is 12.9. The zero-order chi connectivity index (χ0) is 19.4. The van der Waals surface area contributed by atoms with E-state index in [1.807, 2.05) is 11.8 Å². The molecule has 2 N–H and O–H groups in total. The highest BCUT2D eigenvalue weighted by molar-refractivity contribution is 5.86. The van der Waals surface area contributed by atoms with Gasteiger partial charge in [0.25, 0.3) is 0 Å². The van der Waals surface area contributed by atoms with Gasteiger partial charge in [-0.05, 0) is 32.6 Å². The van der Waals surface area contributed by atoms with Crippen molar-refractivity contribution in [2.24, 2.45) is 5.92 Å². The number of likely N-dealkylation sites (tertiary alicyclic amines) is 1. The Morgan fingerprint density at radius 1 is 1.22 bits per heavy atom. The summed E-state index contributed by atoms with van der Waals surface area (Å²) in [5.41, 5.74) is 0.181. The molecule has 148 valence electrons. The summed E-state index contributed by atoms with van der Waals surface area (Å²) in [7, 11) is 0. The predicted molar refractivity (Wildman–Crippen MR) is 98.2 cm³/mol. The number of carboxylic acids is 1. The number of aromatic carboxylic acids is 1. The minimum absolute atomic E-state index is 0.0550. The van der Waals surface area contributed by atoms with Gasteiger partial charge in [0.05, 0.1) is 17.8 Å². The van der Waals surface area contributed by atoms with Crippen LogP contribution in [0.25, 0.3) is 0 Å². The molecule has 1 saturated heterocycles. The quantitative estimate of drug-likeness (QED) is 0.788. The maximum atomic E-state index is 12.5. The highest BCUT2D eigenvalue weighted by Gasteiger charge is 2.27. The van der Waals surface area contributed by atoms with Gasteiger partial charge in [0.1, 0.15) is 0 Å². The third-order valence-corrected chi connectivity index (χ3v) is 5.64. The minimum atomic E-state index is -0.984. The third-order valence-electron chi connectivity index (χ3n) is 5.64. The number of aromatic nitrogens is 2. The Morgan fingerprint density at radius 2 is 1.89 bits per heavy atom. The summed E-state index contributed by atoms with van der Waals surface area (Å²) >= 11 is 0. The largest absolute Gasteiger partial charge is 0.478 e. The summed E-state index contributed by atoms with van der Waals surface area (Å²) in [6, 6.07) is -0.0470. The number of carboxylic acid groups (broad SMARTS) is 1. The molecule has 1 aliphatic carbocycles. The number of hydrogen-bond acceptors (Lipinski definition) is 4. The monoisotopic (exact) mass is 376 g/mol. The van der Waals surface area contributed by atoms with Gasteiger partial charge in [-0.1, -0.05) is 12.8 Å². The van der Waals surface area contributed by atoms with Crippen molar-refractivity contribution in [2.75, 3.05) is 13.1 Å². The Morgan fingerprint density at radius 3 is 2.48 bits per heavy atom. The Balaban J connectivity index is 1.43. The lowest BCUT2D eigenvalue weighted by molar-refractivity contribution is -0.133. The molecule has 8 nitrogen and oxygen atoms in total. The van der Waals surface area contributed by atoms with Gasteiger partial charge in [-0.15, -0.1) is 0 Å². The zero-order valence-corrected chi connectivity index (χ0v) is 15.8.